The first kappa shape index (κ1) is 19.2. The molecule has 2 atom stereocenters. The van der Waals surface area contributed by atoms with Gasteiger partial charge in [-0.1, -0.05) is 122 Å². The first-order chi connectivity index (χ1) is 11.4. The molecular formula is C23H28Br2. The van der Waals surface area contributed by atoms with Crippen LogP contribution in [0.5, 0.6) is 0 Å². The van der Waals surface area contributed by atoms with E-state index in [2.05, 4.69) is 122 Å². The largest absolute Gasteiger partial charge is 0.0954 e. The number of rotatable bonds is 2. The van der Waals surface area contributed by atoms with Gasteiger partial charge in [-0.25, -0.2) is 0 Å². The van der Waals surface area contributed by atoms with E-state index in [0.717, 1.165) is 0 Å². The second-order valence-corrected chi connectivity index (χ2v) is 13.1. The Labute approximate surface area is 169 Å². The zero-order valence-corrected chi connectivity index (χ0v) is 19.2. The molecule has 0 spiro atoms. The van der Waals surface area contributed by atoms with Crippen molar-refractivity contribution in [3.05, 3.63) is 70.8 Å². The van der Waals surface area contributed by atoms with Gasteiger partial charge in [-0.2, -0.15) is 0 Å². The molecule has 0 radical (unpaired) electrons. The third-order valence-electron chi connectivity index (χ3n) is 5.33. The lowest BCUT2D eigenvalue weighted by atomic mass is 9.86. The molecule has 0 bridgehead atoms. The summed E-state index contributed by atoms with van der Waals surface area (Å²) >= 11 is 7.85. The fourth-order valence-electron chi connectivity index (χ4n) is 3.54. The fourth-order valence-corrected chi connectivity index (χ4v) is 5.39. The van der Waals surface area contributed by atoms with Crippen LogP contribution in [-0.2, 0) is 10.8 Å². The quantitative estimate of drug-likeness (QED) is 0.401. The standard InChI is InChI=1S/C23H28Br2/c1-21(2,3)17-11-7-15(8-12-17)19-20(23(19,24)25)16-9-13-18(14-10-16)22(4,5)6/h7-14,19-20H,1-6H3/t19-,20-/m1/s1. The van der Waals surface area contributed by atoms with Crippen LogP contribution in [0.1, 0.15) is 75.6 Å². The van der Waals surface area contributed by atoms with Crippen LogP contribution >= 0.6 is 31.9 Å². The highest BCUT2D eigenvalue weighted by molar-refractivity contribution is 9.25. The van der Waals surface area contributed by atoms with Crippen molar-refractivity contribution in [3.63, 3.8) is 0 Å². The molecule has 3 rings (SSSR count). The number of hydrogen-bond donors (Lipinski definition) is 0. The first-order valence-corrected chi connectivity index (χ1v) is 10.6. The van der Waals surface area contributed by atoms with Crippen LogP contribution in [0.25, 0.3) is 0 Å². The Bertz CT molecular complexity index is 675. The zero-order valence-electron chi connectivity index (χ0n) is 16.0. The topological polar surface area (TPSA) is 0 Å². The lowest BCUT2D eigenvalue weighted by molar-refractivity contribution is 0.589. The van der Waals surface area contributed by atoms with Crippen LogP contribution < -0.4 is 0 Å². The van der Waals surface area contributed by atoms with Crippen LogP contribution in [0.2, 0.25) is 0 Å². The maximum atomic E-state index is 3.93. The van der Waals surface area contributed by atoms with Gasteiger partial charge in [0.25, 0.3) is 0 Å². The van der Waals surface area contributed by atoms with E-state index >= 15 is 0 Å². The molecule has 0 nitrogen and oxygen atoms in total. The predicted molar refractivity (Wildman–Crippen MR) is 116 cm³/mol. The second-order valence-electron chi connectivity index (χ2n) is 9.37. The Morgan fingerprint density at radius 1 is 0.600 bits per heavy atom. The van der Waals surface area contributed by atoms with Gasteiger partial charge in [-0.05, 0) is 33.1 Å². The number of hydrogen-bond acceptors (Lipinski definition) is 0. The summed E-state index contributed by atoms with van der Waals surface area (Å²) in [5, 5.41) is 0. The molecule has 0 aromatic heterocycles. The van der Waals surface area contributed by atoms with E-state index in [4.69, 9.17) is 0 Å². The molecule has 2 heteroatoms. The summed E-state index contributed by atoms with van der Waals surface area (Å²) in [5.74, 6) is 0.920. The molecule has 0 heterocycles. The molecule has 25 heavy (non-hydrogen) atoms. The van der Waals surface area contributed by atoms with Crippen molar-refractivity contribution in [2.45, 2.75) is 67.4 Å². The molecule has 0 aliphatic heterocycles. The monoisotopic (exact) mass is 462 g/mol. The summed E-state index contributed by atoms with van der Waals surface area (Å²) in [6.45, 7) is 13.6. The summed E-state index contributed by atoms with van der Waals surface area (Å²) in [7, 11) is 0. The van der Waals surface area contributed by atoms with E-state index in [9.17, 15) is 0 Å². The highest BCUT2D eigenvalue weighted by Crippen LogP contribution is 2.72. The molecule has 0 unspecified atom stereocenters. The molecule has 1 saturated carbocycles. The second kappa shape index (κ2) is 6.23. The van der Waals surface area contributed by atoms with Gasteiger partial charge in [0, 0.05) is 11.8 Å². The van der Waals surface area contributed by atoms with Crippen molar-refractivity contribution in [2.75, 3.05) is 0 Å². The Kier molecular flexibility index (Phi) is 4.78. The van der Waals surface area contributed by atoms with Crippen LogP contribution in [-0.4, -0.2) is 3.23 Å². The van der Waals surface area contributed by atoms with Crippen molar-refractivity contribution < 1.29 is 0 Å². The van der Waals surface area contributed by atoms with Gasteiger partial charge in [0.1, 0.15) is 0 Å². The Morgan fingerprint density at radius 3 is 1.12 bits per heavy atom. The highest BCUT2D eigenvalue weighted by atomic mass is 79.9. The summed E-state index contributed by atoms with van der Waals surface area (Å²) in [6, 6.07) is 18.3. The van der Waals surface area contributed by atoms with Gasteiger partial charge < -0.3 is 0 Å². The van der Waals surface area contributed by atoms with Gasteiger partial charge in [-0.15, -0.1) is 0 Å². The Hall–Kier alpha value is -0.600. The average Bonchev–Trinajstić information content (AvgIpc) is 3.08. The molecule has 0 amide bonds. The molecule has 1 aliphatic rings. The van der Waals surface area contributed by atoms with Crippen molar-refractivity contribution in [1.82, 2.24) is 0 Å². The van der Waals surface area contributed by atoms with Gasteiger partial charge in [0.15, 0.2) is 0 Å². The maximum absolute atomic E-state index is 3.93. The van der Waals surface area contributed by atoms with Crippen molar-refractivity contribution in [2.24, 2.45) is 0 Å². The number of benzene rings is 2. The van der Waals surface area contributed by atoms with E-state index in [1.165, 1.54) is 22.3 Å². The smallest absolute Gasteiger partial charge is 0.0713 e. The molecule has 2 aromatic rings. The molecule has 0 N–H and O–H groups in total. The minimum absolute atomic E-state index is 0.0352. The first-order valence-electron chi connectivity index (χ1n) is 9.01. The summed E-state index contributed by atoms with van der Waals surface area (Å²) in [4.78, 5) is 0. The number of alkyl halides is 2. The molecule has 0 saturated heterocycles. The van der Waals surface area contributed by atoms with Crippen LogP contribution in [0, 0.1) is 0 Å². The van der Waals surface area contributed by atoms with E-state index in [-0.39, 0.29) is 14.1 Å². The highest BCUT2D eigenvalue weighted by Gasteiger charge is 2.63. The minimum Gasteiger partial charge on any atom is -0.0713 e. The predicted octanol–water partition coefficient (Wildman–Crippen LogP) is 7.65. The van der Waals surface area contributed by atoms with Crippen LogP contribution in [0.4, 0.5) is 0 Å². The van der Waals surface area contributed by atoms with E-state index in [0.29, 0.717) is 11.8 Å². The lowest BCUT2D eigenvalue weighted by Gasteiger charge is -2.19. The molecular weight excluding hydrogens is 436 g/mol. The van der Waals surface area contributed by atoms with Crippen molar-refractivity contribution >= 4 is 31.9 Å². The fraction of sp³-hybridized carbons (Fsp3) is 0.478. The van der Waals surface area contributed by atoms with Crippen LogP contribution in [0.15, 0.2) is 48.5 Å². The van der Waals surface area contributed by atoms with Crippen LogP contribution in [0.3, 0.4) is 0 Å². The Morgan fingerprint density at radius 2 is 0.880 bits per heavy atom. The number of halogens is 2. The van der Waals surface area contributed by atoms with E-state index in [1.807, 2.05) is 0 Å². The molecule has 2 aromatic carbocycles. The van der Waals surface area contributed by atoms with Crippen molar-refractivity contribution in [3.8, 4) is 0 Å². The SMILES string of the molecule is CC(C)(C)c1ccc([C@@H]2[C@@H](c3ccc(C(C)(C)C)cc3)C2(Br)Br)cc1. The maximum Gasteiger partial charge on any atom is 0.0954 e. The Balaban J connectivity index is 1.85. The lowest BCUT2D eigenvalue weighted by Crippen LogP contribution is -2.10. The third kappa shape index (κ3) is 3.76. The molecule has 134 valence electrons. The zero-order chi connectivity index (χ0) is 18.6. The van der Waals surface area contributed by atoms with E-state index < -0.39 is 0 Å². The third-order valence-corrected chi connectivity index (χ3v) is 7.30. The summed E-state index contributed by atoms with van der Waals surface area (Å²) in [5.41, 5.74) is 5.96. The minimum atomic E-state index is -0.0352. The van der Waals surface area contributed by atoms with Gasteiger partial charge in [0.2, 0.25) is 0 Å². The molecule has 1 aliphatic carbocycles. The summed E-state index contributed by atoms with van der Waals surface area (Å²) < 4.78 is -0.0352. The average molecular weight is 464 g/mol. The van der Waals surface area contributed by atoms with Crippen molar-refractivity contribution in [1.29, 1.82) is 0 Å². The van der Waals surface area contributed by atoms with E-state index in [1.54, 1.807) is 0 Å². The van der Waals surface area contributed by atoms with Gasteiger partial charge in [0.05, 0.1) is 3.23 Å². The normalized spacial score (nSPS) is 22.7. The summed E-state index contributed by atoms with van der Waals surface area (Å²) in [6.07, 6.45) is 0. The van der Waals surface area contributed by atoms with Gasteiger partial charge >= 0.3 is 0 Å². The van der Waals surface area contributed by atoms with Gasteiger partial charge in [-0.3, -0.25) is 0 Å². The molecule has 1 fully saturated rings.